The zero-order chi connectivity index (χ0) is 12.4. The summed E-state index contributed by atoms with van der Waals surface area (Å²) in [4.78, 5) is 2.78. The number of nitrogens with zero attached hydrogens (tertiary/aromatic N) is 1. The first-order valence-corrected chi connectivity index (χ1v) is 7.84. The molecule has 0 amide bonds. The van der Waals surface area contributed by atoms with Gasteiger partial charge in [-0.05, 0) is 36.0 Å². The van der Waals surface area contributed by atoms with Gasteiger partial charge in [-0.2, -0.15) is 0 Å². The predicted molar refractivity (Wildman–Crippen MR) is 75.1 cm³/mol. The Hall–Kier alpha value is -0.0400. The average Bonchev–Trinajstić information content (AvgIpc) is 2.86. The van der Waals surface area contributed by atoms with Gasteiger partial charge in [-0.1, -0.05) is 47.0 Å². The van der Waals surface area contributed by atoms with Gasteiger partial charge in [0.2, 0.25) is 0 Å². The van der Waals surface area contributed by atoms with E-state index in [9.17, 15) is 0 Å². The van der Waals surface area contributed by atoms with Crippen LogP contribution in [0.15, 0.2) is 0 Å². The van der Waals surface area contributed by atoms with E-state index in [1.807, 2.05) is 0 Å². The topological polar surface area (TPSA) is 3.24 Å². The van der Waals surface area contributed by atoms with Crippen LogP contribution in [0.1, 0.15) is 53.4 Å². The summed E-state index contributed by atoms with van der Waals surface area (Å²) in [5.41, 5.74) is 0. The predicted octanol–water partition coefficient (Wildman–Crippen LogP) is 4.04. The molecule has 2 fully saturated rings. The largest absolute Gasteiger partial charge is 0.302 e. The molecular formula is C16H31N. The molecule has 4 atom stereocenters. The highest BCUT2D eigenvalue weighted by Gasteiger charge is 2.35. The van der Waals surface area contributed by atoms with Gasteiger partial charge in [-0.15, -0.1) is 0 Å². The third kappa shape index (κ3) is 3.05. The highest BCUT2D eigenvalue weighted by molar-refractivity contribution is 4.87. The Balaban J connectivity index is 1.87. The van der Waals surface area contributed by atoms with Gasteiger partial charge in [0.25, 0.3) is 0 Å². The highest BCUT2D eigenvalue weighted by Crippen LogP contribution is 2.36. The van der Waals surface area contributed by atoms with Gasteiger partial charge in [0.05, 0.1) is 0 Å². The molecule has 1 nitrogen and oxygen atoms in total. The third-order valence-electron chi connectivity index (χ3n) is 5.48. The van der Waals surface area contributed by atoms with Crippen molar-refractivity contribution in [2.45, 2.75) is 53.4 Å². The minimum Gasteiger partial charge on any atom is -0.302 e. The van der Waals surface area contributed by atoms with E-state index in [0.717, 1.165) is 29.6 Å². The van der Waals surface area contributed by atoms with Crippen LogP contribution in [0.4, 0.5) is 0 Å². The second-order valence-corrected chi connectivity index (χ2v) is 6.96. The molecule has 0 radical (unpaired) electrons. The molecule has 0 aromatic carbocycles. The van der Waals surface area contributed by atoms with Crippen LogP contribution >= 0.6 is 0 Å². The molecule has 2 rings (SSSR count). The van der Waals surface area contributed by atoms with Crippen molar-refractivity contribution >= 4 is 0 Å². The zero-order valence-electron chi connectivity index (χ0n) is 12.3. The normalized spacial score (nSPS) is 39.4. The summed E-state index contributed by atoms with van der Waals surface area (Å²) in [5.74, 6) is 4.76. The van der Waals surface area contributed by atoms with Gasteiger partial charge < -0.3 is 4.90 Å². The molecule has 1 saturated carbocycles. The van der Waals surface area contributed by atoms with Gasteiger partial charge >= 0.3 is 0 Å². The summed E-state index contributed by atoms with van der Waals surface area (Å²) in [7, 11) is 0. The smallest absolute Gasteiger partial charge is 0.00155 e. The van der Waals surface area contributed by atoms with E-state index in [4.69, 9.17) is 0 Å². The summed E-state index contributed by atoms with van der Waals surface area (Å²) in [6, 6.07) is 0. The number of hydrogen-bond donors (Lipinski definition) is 0. The van der Waals surface area contributed by atoms with Crippen LogP contribution in [-0.2, 0) is 0 Å². The minimum atomic E-state index is 0.867. The maximum absolute atomic E-state index is 2.78. The van der Waals surface area contributed by atoms with E-state index in [-0.39, 0.29) is 0 Å². The summed E-state index contributed by atoms with van der Waals surface area (Å²) in [6.07, 6.45) is 5.81. The van der Waals surface area contributed by atoms with Crippen molar-refractivity contribution in [3.63, 3.8) is 0 Å². The lowest BCUT2D eigenvalue weighted by molar-refractivity contribution is 0.234. The number of hydrogen-bond acceptors (Lipinski definition) is 1. The van der Waals surface area contributed by atoms with E-state index in [0.29, 0.717) is 0 Å². The van der Waals surface area contributed by atoms with E-state index in [1.54, 1.807) is 0 Å². The molecule has 1 saturated heterocycles. The Morgan fingerprint density at radius 1 is 1.12 bits per heavy atom. The maximum atomic E-state index is 2.78. The molecule has 2 aliphatic rings. The monoisotopic (exact) mass is 237 g/mol. The van der Waals surface area contributed by atoms with Gasteiger partial charge in [0.15, 0.2) is 0 Å². The number of rotatable bonds is 4. The Labute approximate surface area is 108 Å². The SMILES string of the molecule is CCC1CN(CC2CCCC2C)CC1C(C)C. The zero-order valence-corrected chi connectivity index (χ0v) is 12.3. The molecular weight excluding hydrogens is 206 g/mol. The van der Waals surface area contributed by atoms with E-state index < -0.39 is 0 Å². The van der Waals surface area contributed by atoms with Crippen LogP contribution in [0, 0.1) is 29.6 Å². The van der Waals surface area contributed by atoms with Gasteiger partial charge in [-0.3, -0.25) is 0 Å². The Bertz CT molecular complexity index is 236. The summed E-state index contributed by atoms with van der Waals surface area (Å²) < 4.78 is 0. The molecule has 0 N–H and O–H groups in total. The van der Waals surface area contributed by atoms with Crippen LogP contribution in [-0.4, -0.2) is 24.5 Å². The first-order valence-electron chi connectivity index (χ1n) is 7.84. The Morgan fingerprint density at radius 3 is 2.35 bits per heavy atom. The van der Waals surface area contributed by atoms with Crippen molar-refractivity contribution < 1.29 is 0 Å². The van der Waals surface area contributed by atoms with E-state index in [1.165, 1.54) is 45.3 Å². The van der Waals surface area contributed by atoms with E-state index in [2.05, 4.69) is 32.6 Å². The maximum Gasteiger partial charge on any atom is 0.00155 e. The highest BCUT2D eigenvalue weighted by atomic mass is 15.2. The summed E-state index contributed by atoms with van der Waals surface area (Å²) in [6.45, 7) is 13.8. The molecule has 0 aromatic heterocycles. The summed E-state index contributed by atoms with van der Waals surface area (Å²) in [5, 5.41) is 0. The lowest BCUT2D eigenvalue weighted by Crippen LogP contribution is -2.29. The van der Waals surface area contributed by atoms with Crippen LogP contribution in [0.3, 0.4) is 0 Å². The molecule has 100 valence electrons. The van der Waals surface area contributed by atoms with Crippen molar-refractivity contribution in [3.05, 3.63) is 0 Å². The van der Waals surface area contributed by atoms with Crippen LogP contribution in [0.2, 0.25) is 0 Å². The lowest BCUT2D eigenvalue weighted by Gasteiger charge is -2.23. The van der Waals surface area contributed by atoms with Gasteiger partial charge in [0, 0.05) is 19.6 Å². The first-order chi connectivity index (χ1) is 8.11. The molecule has 0 aromatic rings. The van der Waals surface area contributed by atoms with Crippen molar-refractivity contribution in [1.29, 1.82) is 0 Å². The van der Waals surface area contributed by atoms with Gasteiger partial charge in [0.1, 0.15) is 0 Å². The fourth-order valence-corrected chi connectivity index (χ4v) is 4.15. The van der Waals surface area contributed by atoms with Crippen molar-refractivity contribution in [2.24, 2.45) is 29.6 Å². The quantitative estimate of drug-likeness (QED) is 0.713. The molecule has 1 aliphatic carbocycles. The summed E-state index contributed by atoms with van der Waals surface area (Å²) >= 11 is 0. The van der Waals surface area contributed by atoms with Crippen molar-refractivity contribution in [2.75, 3.05) is 19.6 Å². The fourth-order valence-electron chi connectivity index (χ4n) is 4.15. The first kappa shape index (κ1) is 13.4. The fraction of sp³-hybridized carbons (Fsp3) is 1.00. The molecule has 1 heterocycles. The average molecular weight is 237 g/mol. The third-order valence-corrected chi connectivity index (χ3v) is 5.48. The van der Waals surface area contributed by atoms with Crippen molar-refractivity contribution in [1.82, 2.24) is 4.90 Å². The Morgan fingerprint density at radius 2 is 1.88 bits per heavy atom. The standard InChI is InChI=1S/C16H31N/c1-5-14-9-17(11-16(14)12(2)3)10-15-8-6-7-13(15)4/h12-16H,5-11H2,1-4H3. The van der Waals surface area contributed by atoms with Crippen LogP contribution in [0.5, 0.6) is 0 Å². The van der Waals surface area contributed by atoms with Gasteiger partial charge in [-0.25, -0.2) is 0 Å². The second-order valence-electron chi connectivity index (χ2n) is 6.96. The molecule has 0 bridgehead atoms. The minimum absolute atomic E-state index is 0.867. The van der Waals surface area contributed by atoms with Crippen LogP contribution < -0.4 is 0 Å². The second kappa shape index (κ2) is 5.73. The molecule has 17 heavy (non-hydrogen) atoms. The van der Waals surface area contributed by atoms with Crippen LogP contribution in [0.25, 0.3) is 0 Å². The molecule has 0 spiro atoms. The molecule has 1 heteroatoms. The molecule has 1 aliphatic heterocycles. The van der Waals surface area contributed by atoms with Crippen molar-refractivity contribution in [3.8, 4) is 0 Å². The van der Waals surface area contributed by atoms with E-state index >= 15 is 0 Å². The number of likely N-dealkylation sites (tertiary alicyclic amines) is 1. The lowest BCUT2D eigenvalue weighted by atomic mass is 9.85. The molecule has 4 unspecified atom stereocenters. The Kier molecular flexibility index (Phi) is 4.52.